The molecule has 0 saturated carbocycles. The lowest BCUT2D eigenvalue weighted by Crippen LogP contribution is -2.18. The van der Waals surface area contributed by atoms with Crippen molar-refractivity contribution in [2.24, 2.45) is 0 Å². The lowest BCUT2D eigenvalue weighted by Gasteiger charge is -2.10. The van der Waals surface area contributed by atoms with Gasteiger partial charge < -0.3 is 15.2 Å². The SMILES string of the molecule is Cc1cc(C)c(-n2cc3sc(NC[C@H]4CCCO4)nc3n2)c(O)c1. The summed E-state index contributed by atoms with van der Waals surface area (Å²) in [6.07, 6.45) is 4.45. The second-order valence-corrected chi connectivity index (χ2v) is 7.28. The highest BCUT2D eigenvalue weighted by molar-refractivity contribution is 7.22. The molecule has 0 bridgehead atoms. The van der Waals surface area contributed by atoms with Gasteiger partial charge in [0.1, 0.15) is 11.4 Å². The number of benzene rings is 1. The first kappa shape index (κ1) is 15.4. The number of thiazole rings is 1. The Kier molecular flexibility index (Phi) is 3.90. The van der Waals surface area contributed by atoms with E-state index in [0.717, 1.165) is 47.0 Å². The molecule has 0 spiro atoms. The fraction of sp³-hybridized carbons (Fsp3) is 0.412. The van der Waals surface area contributed by atoms with Gasteiger partial charge in [-0.1, -0.05) is 17.4 Å². The van der Waals surface area contributed by atoms with E-state index in [1.54, 1.807) is 22.1 Å². The van der Waals surface area contributed by atoms with Gasteiger partial charge in [-0.2, -0.15) is 4.98 Å². The standard InChI is InChI=1S/C17H20N4O2S/c1-10-6-11(2)15(13(22)7-10)21-9-14-16(20-21)19-17(24-14)18-8-12-4-3-5-23-12/h6-7,9,12,22H,3-5,8H2,1-2H3,(H,18,19,20)/t12-/m1/s1. The molecule has 0 aliphatic carbocycles. The van der Waals surface area contributed by atoms with E-state index in [0.29, 0.717) is 11.3 Å². The number of nitrogens with zero attached hydrogens (tertiary/aromatic N) is 3. The minimum Gasteiger partial charge on any atom is -0.506 e. The Morgan fingerprint density at radius 1 is 1.42 bits per heavy atom. The Morgan fingerprint density at radius 2 is 2.29 bits per heavy atom. The number of fused-ring (bicyclic) bond motifs is 1. The second kappa shape index (κ2) is 6.07. The third-order valence-electron chi connectivity index (χ3n) is 4.24. The third-order valence-corrected chi connectivity index (χ3v) is 5.17. The van der Waals surface area contributed by atoms with Crippen molar-refractivity contribution in [1.82, 2.24) is 14.8 Å². The summed E-state index contributed by atoms with van der Waals surface area (Å²) in [6, 6.07) is 3.78. The molecular weight excluding hydrogens is 324 g/mol. The van der Waals surface area contributed by atoms with Crippen molar-refractivity contribution in [1.29, 1.82) is 0 Å². The summed E-state index contributed by atoms with van der Waals surface area (Å²) in [6.45, 7) is 5.58. The Balaban J connectivity index is 1.57. The molecule has 1 fully saturated rings. The van der Waals surface area contributed by atoms with E-state index in [4.69, 9.17) is 4.74 Å². The van der Waals surface area contributed by atoms with Gasteiger partial charge in [0, 0.05) is 13.2 Å². The summed E-state index contributed by atoms with van der Waals surface area (Å²) in [4.78, 5) is 4.54. The predicted molar refractivity (Wildman–Crippen MR) is 95.3 cm³/mol. The van der Waals surface area contributed by atoms with Crippen LogP contribution >= 0.6 is 11.3 Å². The Hall–Kier alpha value is -2.12. The smallest absolute Gasteiger partial charge is 0.194 e. The number of phenolic OH excluding ortho intramolecular Hbond substituents is 1. The molecule has 3 aromatic rings. The van der Waals surface area contributed by atoms with Crippen molar-refractivity contribution in [2.75, 3.05) is 18.5 Å². The van der Waals surface area contributed by atoms with E-state index in [9.17, 15) is 5.11 Å². The van der Waals surface area contributed by atoms with Gasteiger partial charge in [0.25, 0.3) is 0 Å². The van der Waals surface area contributed by atoms with Gasteiger partial charge in [-0.15, -0.1) is 5.10 Å². The number of aromatic nitrogens is 3. The zero-order chi connectivity index (χ0) is 16.7. The van der Waals surface area contributed by atoms with Crippen molar-refractivity contribution in [3.63, 3.8) is 0 Å². The van der Waals surface area contributed by atoms with Crippen LogP contribution in [-0.2, 0) is 4.74 Å². The number of hydrogen-bond acceptors (Lipinski definition) is 6. The molecule has 0 radical (unpaired) electrons. The normalized spacial score (nSPS) is 17.7. The molecule has 7 heteroatoms. The first-order valence-corrected chi connectivity index (χ1v) is 8.94. The molecule has 2 N–H and O–H groups in total. The maximum absolute atomic E-state index is 10.2. The molecule has 24 heavy (non-hydrogen) atoms. The first-order valence-electron chi connectivity index (χ1n) is 8.12. The average Bonchev–Trinajstić information content (AvgIpc) is 3.19. The number of nitrogens with one attached hydrogen (secondary N) is 1. The molecular formula is C17H20N4O2S. The highest BCUT2D eigenvalue weighted by Gasteiger charge is 2.17. The van der Waals surface area contributed by atoms with Crippen LogP contribution < -0.4 is 5.32 Å². The summed E-state index contributed by atoms with van der Waals surface area (Å²) < 4.78 is 8.31. The number of hydrogen-bond donors (Lipinski definition) is 2. The maximum Gasteiger partial charge on any atom is 0.194 e. The monoisotopic (exact) mass is 344 g/mol. The van der Waals surface area contributed by atoms with Crippen LogP contribution in [-0.4, -0.2) is 39.1 Å². The van der Waals surface area contributed by atoms with Gasteiger partial charge in [-0.25, -0.2) is 4.68 Å². The largest absolute Gasteiger partial charge is 0.506 e. The van der Waals surface area contributed by atoms with Crippen LogP contribution in [0.4, 0.5) is 5.13 Å². The van der Waals surface area contributed by atoms with Crippen LogP contribution in [0.5, 0.6) is 5.75 Å². The van der Waals surface area contributed by atoms with E-state index in [1.807, 2.05) is 26.1 Å². The molecule has 0 unspecified atom stereocenters. The van der Waals surface area contributed by atoms with Gasteiger partial charge in [-0.3, -0.25) is 0 Å². The second-order valence-electron chi connectivity index (χ2n) is 6.25. The van der Waals surface area contributed by atoms with Gasteiger partial charge in [-0.05, 0) is 43.9 Å². The number of phenols is 1. The molecule has 126 valence electrons. The highest BCUT2D eigenvalue weighted by atomic mass is 32.1. The van der Waals surface area contributed by atoms with E-state index in [1.165, 1.54) is 0 Å². The maximum atomic E-state index is 10.2. The van der Waals surface area contributed by atoms with Crippen LogP contribution in [0.25, 0.3) is 16.0 Å². The van der Waals surface area contributed by atoms with Gasteiger partial charge in [0.05, 0.1) is 17.0 Å². The Morgan fingerprint density at radius 3 is 3.00 bits per heavy atom. The molecule has 1 atom stereocenters. The molecule has 4 rings (SSSR count). The summed E-state index contributed by atoms with van der Waals surface area (Å²) in [5.41, 5.74) is 3.41. The number of aryl methyl sites for hydroxylation is 2. The molecule has 1 aliphatic rings. The van der Waals surface area contributed by atoms with Crippen LogP contribution in [0.15, 0.2) is 18.3 Å². The summed E-state index contributed by atoms with van der Waals surface area (Å²) in [5.74, 6) is 0.236. The van der Waals surface area contributed by atoms with Gasteiger partial charge in [0.2, 0.25) is 0 Å². The van der Waals surface area contributed by atoms with Crippen LogP contribution in [0.3, 0.4) is 0 Å². The zero-order valence-electron chi connectivity index (χ0n) is 13.7. The highest BCUT2D eigenvalue weighted by Crippen LogP contribution is 2.31. The Labute approximate surface area is 144 Å². The van der Waals surface area contributed by atoms with Crippen molar-refractivity contribution < 1.29 is 9.84 Å². The van der Waals surface area contributed by atoms with Crippen LogP contribution in [0.2, 0.25) is 0 Å². The van der Waals surface area contributed by atoms with E-state index in [-0.39, 0.29) is 11.9 Å². The number of ether oxygens (including phenoxy) is 1. The van der Waals surface area contributed by atoms with Crippen molar-refractivity contribution in [2.45, 2.75) is 32.8 Å². The lowest BCUT2D eigenvalue weighted by molar-refractivity contribution is 0.120. The summed E-state index contributed by atoms with van der Waals surface area (Å²) in [5, 5.41) is 19.0. The quantitative estimate of drug-likeness (QED) is 0.759. The third kappa shape index (κ3) is 2.85. The molecule has 1 saturated heterocycles. The van der Waals surface area contributed by atoms with E-state index < -0.39 is 0 Å². The lowest BCUT2D eigenvalue weighted by atomic mass is 10.1. The minimum atomic E-state index is 0.236. The molecule has 1 aromatic carbocycles. The first-order chi connectivity index (χ1) is 11.6. The molecule has 3 heterocycles. The van der Waals surface area contributed by atoms with E-state index >= 15 is 0 Å². The van der Waals surface area contributed by atoms with Gasteiger partial charge >= 0.3 is 0 Å². The summed E-state index contributed by atoms with van der Waals surface area (Å²) >= 11 is 1.57. The minimum absolute atomic E-state index is 0.236. The topological polar surface area (TPSA) is 72.2 Å². The number of anilines is 1. The molecule has 2 aromatic heterocycles. The molecule has 1 aliphatic heterocycles. The Bertz CT molecular complexity index is 825. The zero-order valence-corrected chi connectivity index (χ0v) is 14.6. The summed E-state index contributed by atoms with van der Waals surface area (Å²) in [7, 11) is 0. The van der Waals surface area contributed by atoms with Crippen molar-refractivity contribution >= 4 is 26.8 Å². The molecule has 6 nitrogen and oxygen atoms in total. The van der Waals surface area contributed by atoms with Crippen molar-refractivity contribution in [3.05, 3.63) is 29.5 Å². The average molecular weight is 344 g/mol. The predicted octanol–water partition coefficient (Wildman–Crippen LogP) is 3.40. The fourth-order valence-electron chi connectivity index (χ4n) is 3.15. The number of rotatable bonds is 4. The molecule has 0 amide bonds. The van der Waals surface area contributed by atoms with Gasteiger partial charge in [0.15, 0.2) is 10.8 Å². The number of aromatic hydroxyl groups is 1. The van der Waals surface area contributed by atoms with Crippen LogP contribution in [0.1, 0.15) is 24.0 Å². The van der Waals surface area contributed by atoms with Crippen molar-refractivity contribution in [3.8, 4) is 11.4 Å². The fourth-order valence-corrected chi connectivity index (χ4v) is 3.98. The van der Waals surface area contributed by atoms with E-state index in [2.05, 4.69) is 15.4 Å². The van der Waals surface area contributed by atoms with Crippen LogP contribution in [0, 0.1) is 13.8 Å².